The number of H-pyrrole nitrogens is 2. The predicted octanol–water partition coefficient (Wildman–Crippen LogP) is 12.3. The zero-order valence-electron chi connectivity index (χ0n) is 46.1. The van der Waals surface area contributed by atoms with E-state index in [1.165, 1.54) is 12.8 Å². The van der Waals surface area contributed by atoms with Crippen LogP contribution in [0.5, 0.6) is 0 Å². The third kappa shape index (κ3) is 15.7. The second-order valence-electron chi connectivity index (χ2n) is 20.6. The Balaban J connectivity index is 0.000000171. The summed E-state index contributed by atoms with van der Waals surface area (Å²) in [5.74, 6) is 0.627. The van der Waals surface area contributed by atoms with Crippen molar-refractivity contribution in [3.63, 3.8) is 0 Å². The summed E-state index contributed by atoms with van der Waals surface area (Å²) >= 11 is 13.1. The minimum absolute atomic E-state index is 0.0176. The fourth-order valence-electron chi connectivity index (χ4n) is 9.98. The zero-order chi connectivity index (χ0) is 59.4. The van der Waals surface area contributed by atoms with Gasteiger partial charge in [-0.2, -0.15) is 13.2 Å². The SMILES string of the molecule is C1CCOC1.CC1(C)OC[C@H](CN2CCc3c(Nc4ccc(Cl)c(-c5ncc(-c6ccccc6)[nH]5)c4)cccc3C2=O)O1.O=C1c2cccc(Nc3ccc(Cl)c(-c4ncc(-c5ccccc5)[nH]4)c3)c2CCN1C[C@H](O)CO.O=CC(F)(F)F. The number of alkyl halides is 3. The molecular weight excluding hydrogens is 1120 g/mol. The molecule has 0 spiro atoms. The van der Waals surface area contributed by atoms with E-state index in [1.54, 1.807) is 17.2 Å². The molecule has 8 aromatic rings. The number of imidazole rings is 2. The number of benzene rings is 6. The molecule has 0 unspecified atom stereocenters. The lowest BCUT2D eigenvalue weighted by molar-refractivity contribution is -0.156. The lowest BCUT2D eigenvalue weighted by Crippen LogP contribution is -2.43. The summed E-state index contributed by atoms with van der Waals surface area (Å²) in [7, 11) is 0. The van der Waals surface area contributed by atoms with Crippen molar-refractivity contribution < 1.29 is 52.0 Å². The van der Waals surface area contributed by atoms with Gasteiger partial charge in [-0.3, -0.25) is 14.4 Å². The number of nitrogens with zero attached hydrogens (tertiary/aromatic N) is 4. The highest BCUT2D eigenvalue weighted by atomic mass is 35.5. The van der Waals surface area contributed by atoms with Gasteiger partial charge in [0.05, 0.1) is 53.1 Å². The molecule has 2 aromatic heterocycles. The first-order valence-corrected chi connectivity index (χ1v) is 28.1. The highest BCUT2D eigenvalue weighted by Gasteiger charge is 2.36. The van der Waals surface area contributed by atoms with Gasteiger partial charge in [-0.1, -0.05) is 96.0 Å². The van der Waals surface area contributed by atoms with Crippen molar-refractivity contribution in [3.8, 4) is 45.3 Å². The fraction of sp³-hybridized carbons (Fsp3) is 0.286. The van der Waals surface area contributed by atoms with E-state index in [4.69, 9.17) is 47.3 Å². The maximum absolute atomic E-state index is 13.3. The third-order valence-corrected chi connectivity index (χ3v) is 14.7. The van der Waals surface area contributed by atoms with E-state index in [0.29, 0.717) is 65.5 Å². The summed E-state index contributed by atoms with van der Waals surface area (Å²) in [6.45, 7) is 7.65. The number of amides is 2. The largest absolute Gasteiger partial charge is 0.446 e. The van der Waals surface area contributed by atoms with Crippen LogP contribution in [0.3, 0.4) is 0 Å². The standard InChI is InChI=1S/C30H29ClN4O3.C27H25ClN4O3.C4H8O.C2HF3O/c1-30(2)37-18-21(38-30)17-35-14-13-22-23(29(35)36)9-6-10-26(22)33-20-11-12-25(31)24(15-20)28-32-16-27(34-28)19-7-4-3-5-8-19;28-23-10-9-18(13-22(23)26-29-14-25(31-26)17-5-2-1-3-6-17)30-24-8-4-7-21-20(24)11-12-32(27(21)35)15-19(34)16-33;1-2-4-5-3-1;3-2(4,5)1-6/h3-12,15-16,21,33H,13-14,17-18H2,1-2H3,(H,32,34);1-10,13-14,19,30,33-34H,11-12,15-16H2,(H,29,31);1-4H2;1H/t21-;19-;;/m00../s1. The van der Waals surface area contributed by atoms with E-state index >= 15 is 0 Å². The van der Waals surface area contributed by atoms with Crippen LogP contribution >= 0.6 is 23.2 Å². The maximum atomic E-state index is 13.3. The number of anilines is 4. The van der Waals surface area contributed by atoms with Crippen LogP contribution in [0.4, 0.5) is 35.9 Å². The van der Waals surface area contributed by atoms with Gasteiger partial charge in [0.25, 0.3) is 11.8 Å². The van der Waals surface area contributed by atoms with Gasteiger partial charge in [0.2, 0.25) is 6.29 Å². The van der Waals surface area contributed by atoms with Crippen LogP contribution in [0, 0.1) is 0 Å². The molecule has 2 fully saturated rings. The Hall–Kier alpha value is -7.88. The number of aromatic amines is 2. The third-order valence-electron chi connectivity index (χ3n) is 14.1. The van der Waals surface area contributed by atoms with Crippen molar-refractivity contribution in [2.75, 3.05) is 63.2 Å². The van der Waals surface area contributed by atoms with Crippen LogP contribution in [0.15, 0.2) is 146 Å². The molecule has 0 saturated carbocycles. The summed E-state index contributed by atoms with van der Waals surface area (Å²) in [4.78, 5) is 54.3. The summed E-state index contributed by atoms with van der Waals surface area (Å²) < 4.78 is 47.8. The quantitative estimate of drug-likeness (QED) is 0.0596. The van der Waals surface area contributed by atoms with E-state index in [0.717, 1.165) is 87.2 Å². The molecule has 2 amide bonds. The average Bonchev–Trinajstić information content (AvgIpc) is 3.60. The number of aliphatic hydroxyl groups is 2. The topological polar surface area (TPSA) is 207 Å². The Morgan fingerprint density at radius 3 is 1.61 bits per heavy atom. The molecule has 0 radical (unpaired) electrons. The molecule has 4 aliphatic rings. The van der Waals surface area contributed by atoms with Gasteiger partial charge in [0, 0.05) is 84.4 Å². The van der Waals surface area contributed by atoms with Gasteiger partial charge in [-0.15, -0.1) is 0 Å². The molecule has 438 valence electrons. The summed E-state index contributed by atoms with van der Waals surface area (Å²) in [5.41, 5.74) is 12.2. The van der Waals surface area contributed by atoms with Crippen LogP contribution in [-0.2, 0) is 31.8 Å². The summed E-state index contributed by atoms with van der Waals surface area (Å²) in [6.07, 6.45) is 0.788. The van der Waals surface area contributed by atoms with Crippen LogP contribution in [0.2, 0.25) is 10.0 Å². The lowest BCUT2D eigenvalue weighted by Gasteiger charge is -2.31. The minimum Gasteiger partial charge on any atom is -0.394 e. The van der Waals surface area contributed by atoms with E-state index < -0.39 is 24.4 Å². The molecule has 0 bridgehead atoms. The number of rotatable bonds is 13. The monoisotopic (exact) mass is 1190 g/mol. The Morgan fingerprint density at radius 2 is 1.18 bits per heavy atom. The number of aromatic nitrogens is 4. The minimum atomic E-state index is -4.64. The number of aliphatic hydroxyl groups excluding tert-OH is 2. The number of carbonyl (C=O) groups excluding carboxylic acids is 3. The van der Waals surface area contributed by atoms with Crippen LogP contribution < -0.4 is 10.6 Å². The first-order valence-electron chi connectivity index (χ1n) is 27.3. The predicted molar refractivity (Wildman–Crippen MR) is 318 cm³/mol. The molecular formula is C63H63Cl2F3N8O8. The van der Waals surface area contributed by atoms with Crippen LogP contribution in [0.1, 0.15) is 58.5 Å². The van der Waals surface area contributed by atoms with Gasteiger partial charge in [-0.05, 0) is 122 Å². The number of hydrogen-bond acceptors (Lipinski definition) is 12. The maximum Gasteiger partial charge on any atom is 0.446 e. The number of aldehydes is 1. The normalized spacial score (nSPS) is 16.4. The van der Waals surface area contributed by atoms with Crippen molar-refractivity contribution in [3.05, 3.63) is 178 Å². The average molecular weight is 1190 g/mol. The van der Waals surface area contributed by atoms with Crippen molar-refractivity contribution in [1.29, 1.82) is 0 Å². The summed E-state index contributed by atoms with van der Waals surface area (Å²) in [6, 6.07) is 42.8. The highest BCUT2D eigenvalue weighted by Crippen LogP contribution is 2.37. The molecule has 84 heavy (non-hydrogen) atoms. The highest BCUT2D eigenvalue weighted by molar-refractivity contribution is 6.33. The van der Waals surface area contributed by atoms with Gasteiger partial charge < -0.3 is 54.8 Å². The molecule has 4 aliphatic heterocycles. The van der Waals surface area contributed by atoms with Gasteiger partial charge >= 0.3 is 6.18 Å². The first-order chi connectivity index (χ1) is 40.4. The second-order valence-corrected chi connectivity index (χ2v) is 21.4. The molecule has 12 rings (SSSR count). The van der Waals surface area contributed by atoms with E-state index in [2.05, 4.69) is 30.6 Å². The van der Waals surface area contributed by atoms with Crippen molar-refractivity contribution in [2.45, 2.75) is 63.7 Å². The first kappa shape index (κ1) is 60.7. The molecule has 16 nitrogen and oxygen atoms in total. The number of fused-ring (bicyclic) bond motifs is 2. The van der Waals surface area contributed by atoms with Gasteiger partial charge in [-0.25, -0.2) is 9.97 Å². The van der Waals surface area contributed by atoms with Crippen molar-refractivity contribution >= 4 is 64.1 Å². The zero-order valence-corrected chi connectivity index (χ0v) is 47.6. The molecule has 6 N–H and O–H groups in total. The van der Waals surface area contributed by atoms with E-state index in [1.807, 2.05) is 152 Å². The van der Waals surface area contributed by atoms with E-state index in [9.17, 15) is 27.9 Å². The van der Waals surface area contributed by atoms with Gasteiger partial charge in [0.15, 0.2) is 5.79 Å². The fourth-order valence-corrected chi connectivity index (χ4v) is 10.4. The Labute approximate surface area is 493 Å². The molecule has 2 saturated heterocycles. The molecule has 0 aliphatic carbocycles. The van der Waals surface area contributed by atoms with Crippen LogP contribution in [0.25, 0.3) is 45.3 Å². The Morgan fingerprint density at radius 1 is 0.702 bits per heavy atom. The van der Waals surface area contributed by atoms with Crippen LogP contribution in [-0.4, -0.2) is 135 Å². The number of carbonyl (C=O) groups is 3. The van der Waals surface area contributed by atoms with Crippen molar-refractivity contribution in [1.82, 2.24) is 29.7 Å². The number of β-amino-alcohol motifs (C(OH)–C–C–N with tert-alkyl or cyclic N) is 1. The number of halogens is 5. The van der Waals surface area contributed by atoms with Crippen molar-refractivity contribution in [2.24, 2.45) is 0 Å². The Kier molecular flexibility index (Phi) is 20.0. The van der Waals surface area contributed by atoms with Gasteiger partial charge in [0.1, 0.15) is 17.8 Å². The number of hydrogen-bond donors (Lipinski definition) is 6. The Bertz CT molecular complexity index is 3540. The number of ether oxygens (including phenoxy) is 3. The smallest absolute Gasteiger partial charge is 0.394 e. The molecule has 6 heterocycles. The molecule has 2 atom stereocenters. The molecule has 21 heteroatoms. The molecule has 6 aromatic carbocycles. The lowest BCUT2D eigenvalue weighted by atomic mass is 9.96. The van der Waals surface area contributed by atoms with E-state index in [-0.39, 0.29) is 31.1 Å². The number of nitrogens with one attached hydrogen (secondary N) is 4. The second kappa shape index (κ2) is 27.7. The summed E-state index contributed by atoms with van der Waals surface area (Å²) in [5, 5.41) is 27.0.